The van der Waals surface area contributed by atoms with E-state index in [1.54, 1.807) is 14.2 Å². The lowest BCUT2D eigenvalue weighted by molar-refractivity contribution is -0.462. The number of anilines is 1. The standard InChI is InChI=1S/C29H36N5O2Si/c1-33(2)20-12-14-22-26(18-20)37(7,17-9-16-31-32-30)27-19-21(34(3)4)13-15-23(27)28(22)29-24(35-5)10-8-11-25(29)36-6/h8,10-15,18-19H,9,16-17H2,1-7H3/q+1. The van der Waals surface area contributed by atoms with Crippen LogP contribution in [0.5, 0.6) is 11.5 Å². The van der Waals surface area contributed by atoms with E-state index in [0.717, 1.165) is 35.1 Å². The SMILES string of the molecule is COc1cccc(OC)c1C1=C2C=CC(=[N+](C)C)C=C2[Si](C)(CCCN=[N+]=[N-])c2cc(N(C)C)ccc21. The predicted molar refractivity (Wildman–Crippen MR) is 155 cm³/mol. The molecule has 2 aromatic carbocycles. The third-order valence-electron chi connectivity index (χ3n) is 7.44. The third-order valence-corrected chi connectivity index (χ3v) is 12.0. The number of fused-ring (bicyclic) bond motifs is 2. The second-order valence-corrected chi connectivity index (χ2v) is 14.3. The summed E-state index contributed by atoms with van der Waals surface area (Å²) in [5.41, 5.74) is 15.8. The van der Waals surface area contributed by atoms with Crippen LogP contribution in [0.15, 0.2) is 70.5 Å². The molecule has 1 aliphatic carbocycles. The largest absolute Gasteiger partial charge is 0.496 e. The molecule has 1 unspecified atom stereocenters. The Bertz CT molecular complexity index is 1370. The molecule has 7 nitrogen and oxygen atoms in total. The molecule has 0 spiro atoms. The van der Waals surface area contributed by atoms with Crippen LogP contribution in [0.1, 0.15) is 17.5 Å². The Kier molecular flexibility index (Phi) is 7.62. The fourth-order valence-corrected chi connectivity index (χ4v) is 9.68. The van der Waals surface area contributed by atoms with Crippen molar-refractivity contribution in [2.24, 2.45) is 5.11 Å². The van der Waals surface area contributed by atoms with Crippen molar-refractivity contribution in [2.75, 3.05) is 53.9 Å². The molecular formula is C29H36N5O2Si+. The maximum atomic E-state index is 8.87. The smallest absolute Gasteiger partial charge is 0.199 e. The zero-order valence-corrected chi connectivity index (χ0v) is 23.9. The molecule has 8 heteroatoms. The first-order chi connectivity index (χ1) is 17.8. The first-order valence-corrected chi connectivity index (χ1v) is 15.2. The molecule has 37 heavy (non-hydrogen) atoms. The number of methoxy groups -OCH3 is 2. The van der Waals surface area contributed by atoms with Crippen molar-refractivity contribution in [1.29, 1.82) is 0 Å². The van der Waals surface area contributed by atoms with Gasteiger partial charge in [0.05, 0.1) is 19.8 Å². The Morgan fingerprint density at radius 3 is 2.35 bits per heavy atom. The minimum Gasteiger partial charge on any atom is -0.496 e. The number of hydrogen-bond donors (Lipinski definition) is 0. The Morgan fingerprint density at radius 1 is 1.05 bits per heavy atom. The van der Waals surface area contributed by atoms with Crippen molar-refractivity contribution in [3.8, 4) is 11.5 Å². The maximum absolute atomic E-state index is 8.87. The van der Waals surface area contributed by atoms with Gasteiger partial charge in [-0.25, -0.2) is 4.58 Å². The zero-order chi connectivity index (χ0) is 26.7. The van der Waals surface area contributed by atoms with E-state index in [1.807, 2.05) is 18.2 Å². The molecular weight excluding hydrogens is 478 g/mol. The number of benzene rings is 2. The lowest BCUT2D eigenvalue weighted by Gasteiger charge is -2.41. The highest BCUT2D eigenvalue weighted by Gasteiger charge is 2.44. The summed E-state index contributed by atoms with van der Waals surface area (Å²) >= 11 is 0. The van der Waals surface area contributed by atoms with Gasteiger partial charge in [-0.2, -0.15) is 0 Å². The van der Waals surface area contributed by atoms with Gasteiger partial charge in [-0.15, -0.1) is 0 Å². The van der Waals surface area contributed by atoms with E-state index in [1.165, 1.54) is 32.9 Å². The molecule has 4 rings (SSSR count). The van der Waals surface area contributed by atoms with Gasteiger partial charge in [0.25, 0.3) is 0 Å². The molecule has 0 radical (unpaired) electrons. The van der Waals surface area contributed by atoms with Gasteiger partial charge in [0.2, 0.25) is 0 Å². The zero-order valence-electron chi connectivity index (χ0n) is 22.9. The number of ether oxygens (including phenoxy) is 2. The van der Waals surface area contributed by atoms with Crippen LogP contribution in [-0.2, 0) is 0 Å². The fourth-order valence-electron chi connectivity index (χ4n) is 5.44. The van der Waals surface area contributed by atoms with Gasteiger partial charge in [-0.3, -0.25) is 0 Å². The molecule has 0 amide bonds. The van der Waals surface area contributed by atoms with Gasteiger partial charge < -0.3 is 14.4 Å². The van der Waals surface area contributed by atoms with E-state index in [9.17, 15) is 0 Å². The Balaban J connectivity index is 2.11. The van der Waals surface area contributed by atoms with Crippen molar-refractivity contribution in [3.63, 3.8) is 0 Å². The number of rotatable bonds is 8. The summed E-state index contributed by atoms with van der Waals surface area (Å²) in [4.78, 5) is 5.15. The second kappa shape index (κ2) is 10.7. The fraction of sp³-hybridized carbons (Fsp3) is 0.345. The average Bonchev–Trinajstić information content (AvgIpc) is 2.90. The summed E-state index contributed by atoms with van der Waals surface area (Å²) in [6, 6.07) is 13.8. The van der Waals surface area contributed by atoms with Crippen molar-refractivity contribution >= 4 is 30.2 Å². The number of hydrogen-bond acceptors (Lipinski definition) is 4. The lowest BCUT2D eigenvalue weighted by atomic mass is 9.88. The quantitative estimate of drug-likeness (QED) is 0.120. The highest BCUT2D eigenvalue weighted by molar-refractivity contribution is 6.99. The molecule has 0 N–H and O–H groups in total. The van der Waals surface area contributed by atoms with Crippen LogP contribution in [0.2, 0.25) is 12.6 Å². The summed E-state index contributed by atoms with van der Waals surface area (Å²) in [7, 11) is 9.49. The topological polar surface area (TPSA) is 73.5 Å². The molecule has 1 heterocycles. The van der Waals surface area contributed by atoms with Crippen molar-refractivity contribution < 1.29 is 14.0 Å². The molecule has 0 aromatic heterocycles. The minimum atomic E-state index is -2.25. The van der Waals surface area contributed by atoms with E-state index >= 15 is 0 Å². The second-order valence-electron chi connectivity index (χ2n) is 10.1. The lowest BCUT2D eigenvalue weighted by Crippen LogP contribution is -2.52. The highest BCUT2D eigenvalue weighted by Crippen LogP contribution is 2.48. The third kappa shape index (κ3) is 4.70. The van der Waals surface area contributed by atoms with Gasteiger partial charge in [0, 0.05) is 49.0 Å². The molecule has 0 saturated carbocycles. The Labute approximate surface area is 220 Å². The van der Waals surface area contributed by atoms with Crippen LogP contribution in [0, 0.1) is 0 Å². The van der Waals surface area contributed by atoms with Gasteiger partial charge in [-0.1, -0.05) is 23.8 Å². The monoisotopic (exact) mass is 514 g/mol. The molecule has 2 aliphatic rings. The summed E-state index contributed by atoms with van der Waals surface area (Å²) in [5, 5.41) is 6.61. The molecule has 0 saturated heterocycles. The molecule has 192 valence electrons. The van der Waals surface area contributed by atoms with Crippen LogP contribution in [0.3, 0.4) is 0 Å². The van der Waals surface area contributed by atoms with Crippen LogP contribution in [0.4, 0.5) is 5.69 Å². The van der Waals surface area contributed by atoms with Crippen LogP contribution < -0.4 is 19.6 Å². The van der Waals surface area contributed by atoms with Gasteiger partial charge >= 0.3 is 0 Å². The first-order valence-electron chi connectivity index (χ1n) is 12.5. The van der Waals surface area contributed by atoms with E-state index < -0.39 is 8.07 Å². The number of allylic oxidation sites excluding steroid dienone is 5. The maximum Gasteiger partial charge on any atom is 0.199 e. The predicted octanol–water partition coefficient (Wildman–Crippen LogP) is 5.32. The molecule has 1 aliphatic heterocycles. The highest BCUT2D eigenvalue weighted by atomic mass is 28.3. The van der Waals surface area contributed by atoms with E-state index in [0.29, 0.717) is 6.54 Å². The van der Waals surface area contributed by atoms with E-state index in [4.69, 9.17) is 15.0 Å². The molecule has 0 bridgehead atoms. The minimum absolute atomic E-state index is 0.501. The Morgan fingerprint density at radius 2 is 1.76 bits per heavy atom. The molecule has 1 atom stereocenters. The van der Waals surface area contributed by atoms with Crippen LogP contribution in [-0.4, -0.2) is 67.3 Å². The Hall–Kier alpha value is -3.74. The first kappa shape index (κ1) is 26.3. The number of nitrogens with zero attached hydrogens (tertiary/aromatic N) is 5. The van der Waals surface area contributed by atoms with Crippen molar-refractivity contribution in [2.45, 2.75) is 19.0 Å². The average molecular weight is 515 g/mol. The van der Waals surface area contributed by atoms with Crippen LogP contribution in [0.25, 0.3) is 16.0 Å². The summed E-state index contributed by atoms with van der Waals surface area (Å²) in [6.45, 7) is 2.96. The van der Waals surface area contributed by atoms with Gasteiger partial charge in [-0.05, 0) is 69.9 Å². The summed E-state index contributed by atoms with van der Waals surface area (Å²) in [6.07, 6.45) is 7.65. The summed E-state index contributed by atoms with van der Waals surface area (Å²) in [5.74, 6) is 1.57. The normalized spacial score (nSPS) is 17.9. The van der Waals surface area contributed by atoms with E-state index in [-0.39, 0.29) is 0 Å². The molecule has 2 aromatic rings. The van der Waals surface area contributed by atoms with Crippen molar-refractivity contribution in [3.05, 3.63) is 87.0 Å². The van der Waals surface area contributed by atoms with Gasteiger partial charge in [0.1, 0.15) is 33.7 Å². The van der Waals surface area contributed by atoms with Gasteiger partial charge in [0.15, 0.2) is 5.71 Å². The molecule has 0 fully saturated rings. The van der Waals surface area contributed by atoms with E-state index in [2.05, 4.69) is 90.7 Å². The van der Waals surface area contributed by atoms with Crippen LogP contribution >= 0.6 is 0 Å². The summed E-state index contributed by atoms with van der Waals surface area (Å²) < 4.78 is 13.9. The van der Waals surface area contributed by atoms with Crippen molar-refractivity contribution in [1.82, 2.24) is 0 Å². The number of azide groups is 1.